The molecule has 0 amide bonds. The normalized spacial score (nSPS) is 18.3. The van der Waals surface area contributed by atoms with Gasteiger partial charge in [-0.05, 0) is 52.0 Å². The van der Waals surface area contributed by atoms with Crippen LogP contribution in [0.5, 0.6) is 5.75 Å². The third-order valence-electron chi connectivity index (χ3n) is 3.96. The fourth-order valence-electron chi connectivity index (χ4n) is 2.94. The van der Waals surface area contributed by atoms with Gasteiger partial charge in [0, 0.05) is 12.6 Å². The van der Waals surface area contributed by atoms with Crippen molar-refractivity contribution < 1.29 is 9.47 Å². The van der Waals surface area contributed by atoms with Crippen LogP contribution in [-0.2, 0) is 16.9 Å². The van der Waals surface area contributed by atoms with Crippen LogP contribution < -0.4 is 10.5 Å². The molecule has 2 N–H and O–H groups in total. The monoisotopic (exact) mass is 327 g/mol. The van der Waals surface area contributed by atoms with Gasteiger partial charge < -0.3 is 15.2 Å². The number of methoxy groups -OCH3 is 2. The van der Waals surface area contributed by atoms with E-state index in [4.69, 9.17) is 15.2 Å². The maximum Gasteiger partial charge on any atom is 0.133 e. The molecule has 2 rings (SSSR count). The van der Waals surface area contributed by atoms with Gasteiger partial charge in [0.25, 0.3) is 0 Å². The first-order valence-corrected chi connectivity index (χ1v) is 7.55. The number of benzene rings is 1. The average molecular weight is 328 g/mol. The standard InChI is InChI=1S/C15H22BrNO2/c1-18-10-11-8-14(19-2)13(16)9-12(11)15(17)6-4-3-5-7-15/h8-9H,3-7,10,17H2,1-2H3. The predicted octanol–water partition coefficient (Wildman–Crippen LogP) is 3.72. The number of hydrogen-bond donors (Lipinski definition) is 1. The molecular weight excluding hydrogens is 306 g/mol. The first-order valence-electron chi connectivity index (χ1n) is 6.75. The summed E-state index contributed by atoms with van der Waals surface area (Å²) in [6, 6.07) is 4.14. The van der Waals surface area contributed by atoms with Gasteiger partial charge >= 0.3 is 0 Å². The van der Waals surface area contributed by atoms with Gasteiger partial charge in [0.1, 0.15) is 5.75 Å². The van der Waals surface area contributed by atoms with Crippen molar-refractivity contribution in [3.63, 3.8) is 0 Å². The summed E-state index contributed by atoms with van der Waals surface area (Å²) in [6.07, 6.45) is 5.78. The molecule has 0 saturated heterocycles. The van der Waals surface area contributed by atoms with Crippen molar-refractivity contribution in [3.8, 4) is 5.75 Å². The molecule has 3 nitrogen and oxygen atoms in total. The Morgan fingerprint density at radius 1 is 1.21 bits per heavy atom. The highest BCUT2D eigenvalue weighted by molar-refractivity contribution is 9.10. The quantitative estimate of drug-likeness (QED) is 0.916. The summed E-state index contributed by atoms with van der Waals surface area (Å²) in [5, 5.41) is 0. The second kappa shape index (κ2) is 6.25. The van der Waals surface area contributed by atoms with Gasteiger partial charge in [-0.2, -0.15) is 0 Å². The van der Waals surface area contributed by atoms with E-state index in [2.05, 4.69) is 22.0 Å². The second-order valence-electron chi connectivity index (χ2n) is 5.29. The Hall–Kier alpha value is -0.580. The summed E-state index contributed by atoms with van der Waals surface area (Å²) in [7, 11) is 3.39. The molecule has 1 aromatic carbocycles. The number of hydrogen-bond acceptors (Lipinski definition) is 3. The summed E-state index contributed by atoms with van der Waals surface area (Å²) in [5.74, 6) is 0.829. The van der Waals surface area contributed by atoms with Crippen molar-refractivity contribution in [2.24, 2.45) is 5.73 Å². The van der Waals surface area contributed by atoms with Gasteiger partial charge in [0.05, 0.1) is 18.2 Å². The molecule has 19 heavy (non-hydrogen) atoms. The lowest BCUT2D eigenvalue weighted by Crippen LogP contribution is -2.39. The van der Waals surface area contributed by atoms with Gasteiger partial charge in [-0.15, -0.1) is 0 Å². The Labute approximate surface area is 123 Å². The molecule has 0 bridgehead atoms. The third kappa shape index (κ3) is 3.12. The van der Waals surface area contributed by atoms with Gasteiger partial charge in [0.15, 0.2) is 0 Å². The van der Waals surface area contributed by atoms with Gasteiger partial charge in [-0.25, -0.2) is 0 Å². The van der Waals surface area contributed by atoms with Crippen molar-refractivity contribution >= 4 is 15.9 Å². The van der Waals surface area contributed by atoms with E-state index in [1.54, 1.807) is 14.2 Å². The Morgan fingerprint density at radius 2 is 1.89 bits per heavy atom. The van der Waals surface area contributed by atoms with E-state index in [-0.39, 0.29) is 5.54 Å². The minimum absolute atomic E-state index is 0.221. The number of halogens is 1. The van der Waals surface area contributed by atoms with Crippen LogP contribution in [0.4, 0.5) is 0 Å². The average Bonchev–Trinajstić information content (AvgIpc) is 2.41. The predicted molar refractivity (Wildman–Crippen MR) is 80.4 cm³/mol. The maximum absolute atomic E-state index is 6.65. The number of ether oxygens (including phenoxy) is 2. The van der Waals surface area contributed by atoms with Crippen LogP contribution >= 0.6 is 15.9 Å². The van der Waals surface area contributed by atoms with Crippen LogP contribution in [0, 0.1) is 0 Å². The smallest absolute Gasteiger partial charge is 0.133 e. The van der Waals surface area contributed by atoms with Gasteiger partial charge in [-0.1, -0.05) is 19.3 Å². The molecule has 4 heteroatoms. The molecule has 1 aromatic rings. The summed E-state index contributed by atoms with van der Waals surface area (Å²) in [5.41, 5.74) is 8.76. The molecule has 0 aromatic heterocycles. The summed E-state index contributed by atoms with van der Waals surface area (Å²) in [4.78, 5) is 0. The first-order chi connectivity index (χ1) is 9.10. The van der Waals surface area contributed by atoms with E-state index in [1.165, 1.54) is 24.8 Å². The van der Waals surface area contributed by atoms with Crippen LogP contribution in [0.25, 0.3) is 0 Å². The Balaban J connectivity index is 2.44. The maximum atomic E-state index is 6.65. The summed E-state index contributed by atoms with van der Waals surface area (Å²) in [6.45, 7) is 0.567. The fraction of sp³-hybridized carbons (Fsp3) is 0.600. The zero-order valence-corrected chi connectivity index (χ0v) is 13.3. The topological polar surface area (TPSA) is 44.5 Å². The van der Waals surface area contributed by atoms with E-state index < -0.39 is 0 Å². The molecule has 106 valence electrons. The molecule has 1 fully saturated rings. The van der Waals surface area contributed by atoms with E-state index >= 15 is 0 Å². The molecule has 0 atom stereocenters. The molecule has 1 aliphatic carbocycles. The van der Waals surface area contributed by atoms with Crippen molar-refractivity contribution in [1.29, 1.82) is 0 Å². The van der Waals surface area contributed by atoms with E-state index in [0.717, 1.165) is 28.6 Å². The molecule has 0 spiro atoms. The molecule has 1 aliphatic rings. The van der Waals surface area contributed by atoms with Crippen molar-refractivity contribution in [2.45, 2.75) is 44.2 Å². The van der Waals surface area contributed by atoms with Crippen LogP contribution in [0.15, 0.2) is 16.6 Å². The van der Waals surface area contributed by atoms with E-state index in [0.29, 0.717) is 6.61 Å². The fourth-order valence-corrected chi connectivity index (χ4v) is 3.45. The number of nitrogens with two attached hydrogens (primary N) is 1. The summed E-state index contributed by atoms with van der Waals surface area (Å²) < 4.78 is 11.6. The molecular formula is C15H22BrNO2. The van der Waals surface area contributed by atoms with Crippen LogP contribution in [0.1, 0.15) is 43.2 Å². The number of rotatable bonds is 4. The van der Waals surface area contributed by atoms with Crippen molar-refractivity contribution in [2.75, 3.05) is 14.2 Å². The zero-order valence-electron chi connectivity index (χ0n) is 11.7. The molecule has 0 unspecified atom stereocenters. The molecule has 0 radical (unpaired) electrons. The minimum atomic E-state index is -0.221. The lowest BCUT2D eigenvalue weighted by Gasteiger charge is -2.35. The highest BCUT2D eigenvalue weighted by atomic mass is 79.9. The Kier molecular flexibility index (Phi) is 4.87. The van der Waals surface area contributed by atoms with Crippen molar-refractivity contribution in [1.82, 2.24) is 0 Å². The molecule has 0 heterocycles. The van der Waals surface area contributed by atoms with E-state index in [1.807, 2.05) is 6.07 Å². The lowest BCUT2D eigenvalue weighted by molar-refractivity contribution is 0.180. The van der Waals surface area contributed by atoms with Crippen LogP contribution in [0.3, 0.4) is 0 Å². The van der Waals surface area contributed by atoms with E-state index in [9.17, 15) is 0 Å². The molecule has 1 saturated carbocycles. The largest absolute Gasteiger partial charge is 0.496 e. The van der Waals surface area contributed by atoms with Crippen molar-refractivity contribution in [3.05, 3.63) is 27.7 Å². The zero-order chi connectivity index (χ0) is 13.9. The van der Waals surface area contributed by atoms with Crippen LogP contribution in [-0.4, -0.2) is 14.2 Å². The highest BCUT2D eigenvalue weighted by Crippen LogP contribution is 2.40. The summed E-state index contributed by atoms with van der Waals surface area (Å²) >= 11 is 3.56. The second-order valence-corrected chi connectivity index (χ2v) is 6.15. The van der Waals surface area contributed by atoms with Crippen LogP contribution in [0.2, 0.25) is 0 Å². The third-order valence-corrected chi connectivity index (χ3v) is 4.58. The lowest BCUT2D eigenvalue weighted by atomic mass is 9.76. The minimum Gasteiger partial charge on any atom is -0.496 e. The first kappa shape index (κ1) is 14.8. The Bertz CT molecular complexity index is 442. The molecule has 0 aliphatic heterocycles. The Morgan fingerprint density at radius 3 is 2.47 bits per heavy atom. The highest BCUT2D eigenvalue weighted by Gasteiger charge is 2.32. The van der Waals surface area contributed by atoms with Gasteiger partial charge in [-0.3, -0.25) is 0 Å². The van der Waals surface area contributed by atoms with Gasteiger partial charge in [0.2, 0.25) is 0 Å². The SMILES string of the molecule is COCc1cc(OC)c(Br)cc1C1(N)CCCCC1.